The van der Waals surface area contributed by atoms with Gasteiger partial charge < -0.3 is 20.1 Å². The highest BCUT2D eigenvalue weighted by Gasteiger charge is 2.06. The molecular formula is C22H21ClN2O3. The molecule has 0 atom stereocenters. The molecule has 0 aromatic heterocycles. The molecule has 0 saturated heterocycles. The molecule has 3 rings (SSSR count). The van der Waals surface area contributed by atoms with E-state index >= 15 is 0 Å². The fourth-order valence-corrected chi connectivity index (χ4v) is 2.67. The number of nitrogens with one attached hydrogen (secondary N) is 2. The molecule has 1 amide bonds. The van der Waals surface area contributed by atoms with Gasteiger partial charge in [0.25, 0.3) is 0 Å². The van der Waals surface area contributed by atoms with E-state index in [9.17, 15) is 4.79 Å². The van der Waals surface area contributed by atoms with Crippen LogP contribution in [0.4, 0.5) is 11.4 Å². The van der Waals surface area contributed by atoms with Gasteiger partial charge in [-0.05, 0) is 54.1 Å². The Kier molecular flexibility index (Phi) is 6.76. The summed E-state index contributed by atoms with van der Waals surface area (Å²) in [6.07, 6.45) is 0. The van der Waals surface area contributed by atoms with Crippen molar-refractivity contribution in [1.82, 2.24) is 0 Å². The first-order valence-electron chi connectivity index (χ1n) is 8.78. The summed E-state index contributed by atoms with van der Waals surface area (Å²) in [6, 6.07) is 22.3. The highest BCUT2D eigenvalue weighted by atomic mass is 35.5. The molecule has 0 aliphatic heterocycles. The van der Waals surface area contributed by atoms with E-state index in [1.54, 1.807) is 19.2 Å². The van der Waals surface area contributed by atoms with Crippen molar-refractivity contribution in [2.75, 3.05) is 24.3 Å². The number of benzene rings is 3. The summed E-state index contributed by atoms with van der Waals surface area (Å²) in [6.45, 7) is 0.605. The molecule has 0 unspecified atom stereocenters. The minimum Gasteiger partial charge on any atom is -0.495 e. The number of amides is 1. The lowest BCUT2D eigenvalue weighted by Crippen LogP contribution is -2.22. The lowest BCUT2D eigenvalue weighted by molar-refractivity contribution is -0.114. The van der Waals surface area contributed by atoms with Crippen LogP contribution < -0.4 is 20.1 Å². The minimum absolute atomic E-state index is 0.142. The van der Waals surface area contributed by atoms with Crippen molar-refractivity contribution in [3.63, 3.8) is 0 Å². The Balaban J connectivity index is 1.47. The predicted molar refractivity (Wildman–Crippen MR) is 112 cm³/mol. The lowest BCUT2D eigenvalue weighted by atomic mass is 10.2. The fourth-order valence-electron chi connectivity index (χ4n) is 2.54. The molecular weight excluding hydrogens is 376 g/mol. The van der Waals surface area contributed by atoms with Gasteiger partial charge in [0.2, 0.25) is 5.91 Å². The largest absolute Gasteiger partial charge is 0.495 e. The number of halogens is 1. The SMILES string of the molecule is COc1ccccc1NC(=O)CNc1ccc(OCc2ccc(Cl)cc2)cc1. The fraction of sp³-hybridized carbons (Fsp3) is 0.136. The lowest BCUT2D eigenvalue weighted by Gasteiger charge is -2.11. The molecule has 28 heavy (non-hydrogen) atoms. The number of para-hydroxylation sites is 2. The van der Waals surface area contributed by atoms with E-state index in [2.05, 4.69) is 10.6 Å². The Morgan fingerprint density at radius 2 is 1.68 bits per heavy atom. The van der Waals surface area contributed by atoms with Crippen molar-refractivity contribution in [3.05, 3.63) is 83.4 Å². The number of anilines is 2. The van der Waals surface area contributed by atoms with Crippen molar-refractivity contribution in [1.29, 1.82) is 0 Å². The molecule has 0 radical (unpaired) electrons. The standard InChI is InChI=1S/C22H21ClN2O3/c1-27-21-5-3-2-4-20(21)25-22(26)14-24-18-10-12-19(13-11-18)28-15-16-6-8-17(23)9-7-16/h2-13,24H,14-15H2,1H3,(H,25,26). The smallest absolute Gasteiger partial charge is 0.243 e. The normalized spacial score (nSPS) is 10.2. The summed E-state index contributed by atoms with van der Waals surface area (Å²) in [4.78, 5) is 12.1. The van der Waals surface area contributed by atoms with Crippen LogP contribution in [0, 0.1) is 0 Å². The summed E-state index contributed by atoms with van der Waals surface area (Å²) in [7, 11) is 1.57. The molecule has 5 nitrogen and oxygen atoms in total. The van der Waals surface area contributed by atoms with Crippen LogP contribution in [0.3, 0.4) is 0 Å². The second-order valence-electron chi connectivity index (χ2n) is 6.04. The van der Waals surface area contributed by atoms with Gasteiger partial charge in [-0.3, -0.25) is 4.79 Å². The molecule has 0 spiro atoms. The van der Waals surface area contributed by atoms with E-state index in [0.29, 0.717) is 23.1 Å². The van der Waals surface area contributed by atoms with E-state index in [1.807, 2.05) is 60.7 Å². The summed E-state index contributed by atoms with van der Waals surface area (Å²) >= 11 is 5.88. The Hall–Kier alpha value is -3.18. The van der Waals surface area contributed by atoms with E-state index in [4.69, 9.17) is 21.1 Å². The van der Waals surface area contributed by atoms with Gasteiger partial charge in [-0.1, -0.05) is 35.9 Å². The Morgan fingerprint density at radius 1 is 0.964 bits per heavy atom. The van der Waals surface area contributed by atoms with Crippen molar-refractivity contribution in [2.45, 2.75) is 6.61 Å². The Morgan fingerprint density at radius 3 is 2.39 bits per heavy atom. The highest BCUT2D eigenvalue weighted by molar-refractivity contribution is 6.30. The van der Waals surface area contributed by atoms with Crippen molar-refractivity contribution in [2.24, 2.45) is 0 Å². The molecule has 0 aliphatic rings. The summed E-state index contributed by atoms with van der Waals surface area (Å²) in [5, 5.41) is 6.61. The number of hydrogen-bond donors (Lipinski definition) is 2. The van der Waals surface area contributed by atoms with Gasteiger partial charge in [0, 0.05) is 10.7 Å². The van der Waals surface area contributed by atoms with Crippen molar-refractivity contribution >= 4 is 28.9 Å². The van der Waals surface area contributed by atoms with Crippen LogP contribution in [0.5, 0.6) is 11.5 Å². The number of ether oxygens (including phenoxy) is 2. The van der Waals surface area contributed by atoms with Gasteiger partial charge in [0.1, 0.15) is 18.1 Å². The summed E-state index contributed by atoms with van der Waals surface area (Å²) < 4.78 is 11.0. The van der Waals surface area contributed by atoms with Crippen LogP contribution in [0.2, 0.25) is 5.02 Å². The number of rotatable bonds is 8. The summed E-state index contributed by atoms with van der Waals surface area (Å²) in [5.74, 6) is 1.21. The molecule has 2 N–H and O–H groups in total. The maximum Gasteiger partial charge on any atom is 0.243 e. The monoisotopic (exact) mass is 396 g/mol. The Labute approximate surface area is 169 Å². The van der Waals surface area contributed by atoms with Gasteiger partial charge in [0.05, 0.1) is 19.3 Å². The number of hydrogen-bond acceptors (Lipinski definition) is 4. The first-order chi connectivity index (χ1) is 13.6. The molecule has 0 saturated carbocycles. The molecule has 0 aliphatic carbocycles. The molecule has 3 aromatic carbocycles. The quantitative estimate of drug-likeness (QED) is 0.563. The van der Waals surface area contributed by atoms with E-state index in [1.165, 1.54) is 0 Å². The zero-order chi connectivity index (χ0) is 19.8. The molecule has 144 valence electrons. The van der Waals surface area contributed by atoms with Crippen molar-refractivity contribution < 1.29 is 14.3 Å². The molecule has 0 heterocycles. The first kappa shape index (κ1) is 19.6. The summed E-state index contributed by atoms with van der Waals surface area (Å²) in [5.41, 5.74) is 2.51. The molecule has 0 fully saturated rings. The first-order valence-corrected chi connectivity index (χ1v) is 9.16. The van der Waals surface area contributed by atoms with Crippen molar-refractivity contribution in [3.8, 4) is 11.5 Å². The third kappa shape index (κ3) is 5.66. The van der Waals surface area contributed by atoms with Gasteiger partial charge in [-0.2, -0.15) is 0 Å². The molecule has 3 aromatic rings. The van der Waals surface area contributed by atoms with E-state index in [-0.39, 0.29) is 12.5 Å². The zero-order valence-electron chi connectivity index (χ0n) is 15.4. The average molecular weight is 397 g/mol. The highest BCUT2D eigenvalue weighted by Crippen LogP contribution is 2.23. The van der Waals surface area contributed by atoms with Crippen LogP contribution >= 0.6 is 11.6 Å². The predicted octanol–water partition coefficient (Wildman–Crippen LogP) is 4.98. The molecule has 0 bridgehead atoms. The van der Waals surface area contributed by atoms with Gasteiger partial charge >= 0.3 is 0 Å². The minimum atomic E-state index is -0.160. The molecule has 6 heteroatoms. The van der Waals surface area contributed by atoms with Crippen LogP contribution in [0.15, 0.2) is 72.8 Å². The van der Waals surface area contributed by atoms with Crippen LogP contribution in [0.1, 0.15) is 5.56 Å². The zero-order valence-corrected chi connectivity index (χ0v) is 16.2. The third-order valence-corrected chi connectivity index (χ3v) is 4.26. The number of methoxy groups -OCH3 is 1. The topological polar surface area (TPSA) is 59.6 Å². The van der Waals surface area contributed by atoms with Crippen LogP contribution in [0.25, 0.3) is 0 Å². The van der Waals surface area contributed by atoms with Gasteiger partial charge in [-0.15, -0.1) is 0 Å². The van der Waals surface area contributed by atoms with Crippen LogP contribution in [-0.4, -0.2) is 19.6 Å². The van der Waals surface area contributed by atoms with E-state index < -0.39 is 0 Å². The van der Waals surface area contributed by atoms with E-state index in [0.717, 1.165) is 17.0 Å². The van der Waals surface area contributed by atoms with Gasteiger partial charge in [-0.25, -0.2) is 0 Å². The second kappa shape index (κ2) is 9.67. The average Bonchev–Trinajstić information content (AvgIpc) is 2.73. The van der Waals surface area contributed by atoms with Gasteiger partial charge in [0.15, 0.2) is 0 Å². The number of carbonyl (C=O) groups is 1. The second-order valence-corrected chi connectivity index (χ2v) is 6.48. The maximum atomic E-state index is 12.1. The maximum absolute atomic E-state index is 12.1. The number of carbonyl (C=O) groups excluding carboxylic acids is 1. The van der Waals surface area contributed by atoms with Crippen LogP contribution in [-0.2, 0) is 11.4 Å². The Bertz CT molecular complexity index is 912. The third-order valence-electron chi connectivity index (χ3n) is 4.01.